The van der Waals surface area contributed by atoms with E-state index in [1.54, 1.807) is 0 Å². The number of H-pyrrole nitrogens is 1. The molecule has 1 aromatic heterocycles. The molecule has 0 aliphatic carbocycles. The summed E-state index contributed by atoms with van der Waals surface area (Å²) in [5.41, 5.74) is 0.284. The van der Waals surface area contributed by atoms with Crippen molar-refractivity contribution in [2.45, 2.75) is 45.5 Å². The standard InChI is InChI=1S/C18H19F4N3O/c1-2-3-16-23-15-4-5-25(10-14(15)17(26)24-16)9-11-6-12(18(20,21)22)8-13(19)7-11/h6-8H,2-5,9-10H2,1H3,(H,23,24,26). The third-order valence-electron chi connectivity index (χ3n) is 4.37. The van der Waals surface area contributed by atoms with Crippen LogP contribution in [-0.4, -0.2) is 21.4 Å². The number of fused-ring (bicyclic) bond motifs is 1. The molecule has 0 spiro atoms. The zero-order valence-electron chi connectivity index (χ0n) is 14.3. The molecule has 140 valence electrons. The van der Waals surface area contributed by atoms with Crippen molar-refractivity contribution in [3.8, 4) is 0 Å². The van der Waals surface area contributed by atoms with Crippen molar-refractivity contribution < 1.29 is 17.6 Å². The summed E-state index contributed by atoms with van der Waals surface area (Å²) < 4.78 is 52.1. The van der Waals surface area contributed by atoms with Crippen LogP contribution >= 0.6 is 0 Å². The predicted octanol–water partition coefficient (Wildman–Crippen LogP) is 3.44. The fourth-order valence-electron chi connectivity index (χ4n) is 3.19. The number of benzene rings is 1. The zero-order valence-corrected chi connectivity index (χ0v) is 14.3. The van der Waals surface area contributed by atoms with Gasteiger partial charge in [0.2, 0.25) is 0 Å². The highest BCUT2D eigenvalue weighted by atomic mass is 19.4. The van der Waals surface area contributed by atoms with Crippen molar-refractivity contribution in [1.29, 1.82) is 0 Å². The molecule has 1 N–H and O–H groups in total. The topological polar surface area (TPSA) is 49.0 Å². The molecule has 0 amide bonds. The van der Waals surface area contributed by atoms with Gasteiger partial charge >= 0.3 is 6.18 Å². The van der Waals surface area contributed by atoms with Gasteiger partial charge in [-0.25, -0.2) is 9.37 Å². The molecule has 2 aromatic rings. The second-order valence-electron chi connectivity index (χ2n) is 6.49. The first kappa shape index (κ1) is 18.6. The third-order valence-corrected chi connectivity index (χ3v) is 4.37. The zero-order chi connectivity index (χ0) is 18.9. The largest absolute Gasteiger partial charge is 0.416 e. The lowest BCUT2D eigenvalue weighted by molar-refractivity contribution is -0.137. The van der Waals surface area contributed by atoms with E-state index in [0.717, 1.165) is 24.2 Å². The molecule has 0 fully saturated rings. The molecule has 1 aromatic carbocycles. The molecule has 1 aliphatic heterocycles. The highest BCUT2D eigenvalue weighted by Gasteiger charge is 2.31. The highest BCUT2D eigenvalue weighted by molar-refractivity contribution is 5.27. The summed E-state index contributed by atoms with van der Waals surface area (Å²) in [5.74, 6) is -0.263. The SMILES string of the molecule is CCCc1nc2c(c(=O)[nH]1)CN(Cc1cc(F)cc(C(F)(F)F)c1)CC2. The first-order valence-electron chi connectivity index (χ1n) is 8.46. The number of hydrogen-bond acceptors (Lipinski definition) is 3. The fourth-order valence-corrected chi connectivity index (χ4v) is 3.19. The van der Waals surface area contributed by atoms with Crippen LogP contribution in [-0.2, 0) is 32.1 Å². The summed E-state index contributed by atoms with van der Waals surface area (Å²) in [5, 5.41) is 0. The van der Waals surface area contributed by atoms with Gasteiger partial charge in [-0.3, -0.25) is 9.69 Å². The molecular weight excluding hydrogens is 350 g/mol. The average molecular weight is 369 g/mol. The van der Waals surface area contributed by atoms with Gasteiger partial charge in [0, 0.05) is 32.5 Å². The van der Waals surface area contributed by atoms with E-state index in [4.69, 9.17) is 0 Å². The number of rotatable bonds is 4. The number of aryl methyl sites for hydroxylation is 1. The summed E-state index contributed by atoms with van der Waals surface area (Å²) in [6.07, 6.45) is -2.50. The molecule has 0 radical (unpaired) electrons. The van der Waals surface area contributed by atoms with Crippen molar-refractivity contribution in [2.75, 3.05) is 6.54 Å². The second kappa shape index (κ2) is 7.19. The smallest absolute Gasteiger partial charge is 0.310 e. The molecule has 0 saturated carbocycles. The number of hydrogen-bond donors (Lipinski definition) is 1. The van der Waals surface area contributed by atoms with E-state index in [1.807, 2.05) is 11.8 Å². The minimum Gasteiger partial charge on any atom is -0.310 e. The van der Waals surface area contributed by atoms with E-state index in [1.165, 1.54) is 0 Å². The molecule has 26 heavy (non-hydrogen) atoms. The Hall–Kier alpha value is -2.22. The second-order valence-corrected chi connectivity index (χ2v) is 6.49. The molecule has 0 atom stereocenters. The van der Waals surface area contributed by atoms with Crippen LogP contribution in [0, 0.1) is 5.82 Å². The lowest BCUT2D eigenvalue weighted by Crippen LogP contribution is -2.35. The van der Waals surface area contributed by atoms with Crippen LogP contribution in [0.25, 0.3) is 0 Å². The van der Waals surface area contributed by atoms with Crippen LogP contribution in [0.2, 0.25) is 0 Å². The van der Waals surface area contributed by atoms with Crippen LogP contribution in [0.3, 0.4) is 0 Å². The Balaban J connectivity index is 1.80. The Morgan fingerprint density at radius 1 is 1.27 bits per heavy atom. The van der Waals surface area contributed by atoms with E-state index in [-0.39, 0.29) is 24.2 Å². The Labute approximate surface area is 147 Å². The molecule has 0 saturated heterocycles. The fraction of sp³-hybridized carbons (Fsp3) is 0.444. The Kier molecular flexibility index (Phi) is 5.13. The number of aromatic nitrogens is 2. The quantitative estimate of drug-likeness (QED) is 0.840. The lowest BCUT2D eigenvalue weighted by Gasteiger charge is -2.28. The summed E-state index contributed by atoms with van der Waals surface area (Å²) in [4.78, 5) is 21.3. The maximum absolute atomic E-state index is 13.5. The van der Waals surface area contributed by atoms with Gasteiger partial charge in [-0.15, -0.1) is 0 Å². The Morgan fingerprint density at radius 3 is 2.73 bits per heavy atom. The lowest BCUT2D eigenvalue weighted by atomic mass is 10.0. The van der Waals surface area contributed by atoms with Crippen LogP contribution in [0.5, 0.6) is 0 Å². The molecule has 8 heteroatoms. The van der Waals surface area contributed by atoms with Crippen LogP contribution in [0.1, 0.15) is 41.6 Å². The van der Waals surface area contributed by atoms with Gasteiger partial charge in [0.25, 0.3) is 5.56 Å². The van der Waals surface area contributed by atoms with E-state index in [2.05, 4.69) is 9.97 Å². The van der Waals surface area contributed by atoms with Crippen LogP contribution < -0.4 is 5.56 Å². The van der Waals surface area contributed by atoms with Crippen molar-refractivity contribution in [2.24, 2.45) is 0 Å². The van der Waals surface area contributed by atoms with Gasteiger partial charge in [-0.2, -0.15) is 13.2 Å². The minimum atomic E-state index is -4.60. The predicted molar refractivity (Wildman–Crippen MR) is 88.1 cm³/mol. The summed E-state index contributed by atoms with van der Waals surface area (Å²) in [6.45, 7) is 2.96. The van der Waals surface area contributed by atoms with Crippen molar-refractivity contribution in [1.82, 2.24) is 14.9 Å². The van der Waals surface area contributed by atoms with E-state index >= 15 is 0 Å². The molecule has 2 heterocycles. The third kappa shape index (κ3) is 4.12. The first-order chi connectivity index (χ1) is 12.3. The van der Waals surface area contributed by atoms with Gasteiger partial charge in [0.1, 0.15) is 11.6 Å². The Morgan fingerprint density at radius 2 is 2.04 bits per heavy atom. The monoisotopic (exact) mass is 369 g/mol. The van der Waals surface area contributed by atoms with Gasteiger partial charge < -0.3 is 4.98 Å². The van der Waals surface area contributed by atoms with E-state index in [0.29, 0.717) is 36.8 Å². The van der Waals surface area contributed by atoms with Crippen LogP contribution in [0.15, 0.2) is 23.0 Å². The number of nitrogens with one attached hydrogen (secondary N) is 1. The van der Waals surface area contributed by atoms with E-state index < -0.39 is 17.6 Å². The van der Waals surface area contributed by atoms with Crippen molar-refractivity contribution in [3.63, 3.8) is 0 Å². The van der Waals surface area contributed by atoms with Gasteiger partial charge in [0.05, 0.1) is 16.8 Å². The number of nitrogens with zero attached hydrogens (tertiary/aromatic N) is 2. The molecule has 4 nitrogen and oxygen atoms in total. The molecule has 1 aliphatic rings. The maximum atomic E-state index is 13.5. The highest BCUT2D eigenvalue weighted by Crippen LogP contribution is 2.31. The molecule has 3 rings (SSSR count). The van der Waals surface area contributed by atoms with E-state index in [9.17, 15) is 22.4 Å². The molecule has 0 unspecified atom stereocenters. The van der Waals surface area contributed by atoms with Gasteiger partial charge in [-0.05, 0) is 30.2 Å². The summed E-state index contributed by atoms with van der Waals surface area (Å²) in [7, 11) is 0. The maximum Gasteiger partial charge on any atom is 0.416 e. The Bertz CT molecular complexity index is 860. The minimum absolute atomic E-state index is 0.135. The normalized spacial score (nSPS) is 15.1. The molecule has 0 bridgehead atoms. The first-order valence-corrected chi connectivity index (χ1v) is 8.46. The van der Waals surface area contributed by atoms with Crippen molar-refractivity contribution >= 4 is 0 Å². The summed E-state index contributed by atoms with van der Waals surface area (Å²) in [6, 6.07) is 2.53. The van der Waals surface area contributed by atoms with Crippen LogP contribution in [0.4, 0.5) is 17.6 Å². The van der Waals surface area contributed by atoms with Gasteiger partial charge in [0.15, 0.2) is 0 Å². The molecular formula is C18H19F4N3O. The average Bonchev–Trinajstić information content (AvgIpc) is 2.54. The number of halogens is 4. The number of aromatic amines is 1. The summed E-state index contributed by atoms with van der Waals surface area (Å²) >= 11 is 0. The number of alkyl halides is 3. The van der Waals surface area contributed by atoms with Crippen molar-refractivity contribution in [3.05, 3.63) is 62.6 Å². The van der Waals surface area contributed by atoms with Gasteiger partial charge in [-0.1, -0.05) is 6.92 Å².